The number of carbonyl (C=O) groups excluding carboxylic acids is 1. The monoisotopic (exact) mass is 156 g/mol. The highest BCUT2D eigenvalue weighted by Gasteiger charge is 2.08. The van der Waals surface area contributed by atoms with E-state index in [-0.39, 0.29) is 5.78 Å². The Labute approximate surface area is 65.4 Å². The van der Waals surface area contributed by atoms with E-state index in [1.807, 2.05) is 18.2 Å². The predicted octanol–water partition coefficient (Wildman–Crippen LogP) is 2.07. The summed E-state index contributed by atoms with van der Waals surface area (Å²) in [5.41, 5.74) is 0.889. The normalized spacial score (nSPS) is 15.5. The van der Waals surface area contributed by atoms with Crippen molar-refractivity contribution in [2.24, 2.45) is 0 Å². The SMILES string of the molecule is O=C(CCCl)C1=CC=CC1. The van der Waals surface area contributed by atoms with E-state index in [1.54, 1.807) is 0 Å². The summed E-state index contributed by atoms with van der Waals surface area (Å²) < 4.78 is 0. The molecule has 0 atom stereocenters. The van der Waals surface area contributed by atoms with E-state index in [4.69, 9.17) is 11.6 Å². The van der Waals surface area contributed by atoms with Crippen molar-refractivity contribution in [2.45, 2.75) is 12.8 Å². The van der Waals surface area contributed by atoms with Gasteiger partial charge >= 0.3 is 0 Å². The van der Waals surface area contributed by atoms with E-state index in [2.05, 4.69) is 0 Å². The van der Waals surface area contributed by atoms with E-state index in [9.17, 15) is 4.79 Å². The highest BCUT2D eigenvalue weighted by molar-refractivity contribution is 6.19. The lowest BCUT2D eigenvalue weighted by molar-refractivity contribution is -0.115. The molecular weight excluding hydrogens is 148 g/mol. The van der Waals surface area contributed by atoms with E-state index < -0.39 is 0 Å². The Morgan fingerprint density at radius 3 is 3.00 bits per heavy atom. The molecule has 0 aromatic carbocycles. The summed E-state index contributed by atoms with van der Waals surface area (Å²) in [5, 5.41) is 0. The fourth-order valence-electron chi connectivity index (χ4n) is 0.900. The Morgan fingerprint density at radius 2 is 2.50 bits per heavy atom. The van der Waals surface area contributed by atoms with Gasteiger partial charge in [0.05, 0.1) is 0 Å². The molecule has 0 spiro atoms. The van der Waals surface area contributed by atoms with Gasteiger partial charge in [-0.05, 0) is 12.0 Å². The molecule has 0 fully saturated rings. The molecule has 0 radical (unpaired) electrons. The maximum Gasteiger partial charge on any atom is 0.160 e. The van der Waals surface area contributed by atoms with Crippen molar-refractivity contribution < 1.29 is 4.79 Å². The lowest BCUT2D eigenvalue weighted by Crippen LogP contribution is -2.00. The number of alkyl halides is 1. The van der Waals surface area contributed by atoms with Gasteiger partial charge in [-0.1, -0.05) is 18.2 Å². The molecule has 1 rings (SSSR count). The number of Topliss-reactive ketones (excluding diaryl/α,β-unsaturated/α-hetero) is 1. The lowest BCUT2D eigenvalue weighted by atomic mass is 10.1. The van der Waals surface area contributed by atoms with Crippen LogP contribution in [0.25, 0.3) is 0 Å². The Kier molecular flexibility index (Phi) is 2.69. The molecule has 0 unspecified atom stereocenters. The van der Waals surface area contributed by atoms with E-state index in [0.29, 0.717) is 12.3 Å². The Bertz CT molecular complexity index is 191. The van der Waals surface area contributed by atoms with Gasteiger partial charge in [0.2, 0.25) is 0 Å². The number of halogens is 1. The van der Waals surface area contributed by atoms with Crippen LogP contribution in [0.15, 0.2) is 23.8 Å². The second-order valence-electron chi connectivity index (χ2n) is 2.19. The van der Waals surface area contributed by atoms with Crippen LogP contribution < -0.4 is 0 Å². The van der Waals surface area contributed by atoms with Gasteiger partial charge in [0.25, 0.3) is 0 Å². The minimum atomic E-state index is 0.181. The van der Waals surface area contributed by atoms with Gasteiger partial charge in [-0.2, -0.15) is 0 Å². The minimum Gasteiger partial charge on any atom is -0.294 e. The van der Waals surface area contributed by atoms with Crippen LogP contribution in [0.2, 0.25) is 0 Å². The van der Waals surface area contributed by atoms with Gasteiger partial charge < -0.3 is 0 Å². The van der Waals surface area contributed by atoms with Crippen molar-refractivity contribution in [1.82, 2.24) is 0 Å². The Hall–Kier alpha value is -0.560. The van der Waals surface area contributed by atoms with Crippen LogP contribution in [-0.2, 0) is 4.79 Å². The van der Waals surface area contributed by atoms with E-state index in [1.165, 1.54) is 0 Å². The van der Waals surface area contributed by atoms with Crippen molar-refractivity contribution in [3.05, 3.63) is 23.8 Å². The maximum absolute atomic E-state index is 11.1. The molecule has 0 aromatic heterocycles. The molecule has 1 aliphatic rings. The van der Waals surface area contributed by atoms with Crippen molar-refractivity contribution in [2.75, 3.05) is 5.88 Å². The van der Waals surface area contributed by atoms with Gasteiger partial charge in [-0.15, -0.1) is 11.6 Å². The molecule has 0 aromatic rings. The van der Waals surface area contributed by atoms with Crippen LogP contribution in [0.1, 0.15) is 12.8 Å². The number of hydrogen-bond donors (Lipinski definition) is 0. The van der Waals surface area contributed by atoms with Crippen LogP contribution in [0.4, 0.5) is 0 Å². The minimum absolute atomic E-state index is 0.181. The topological polar surface area (TPSA) is 17.1 Å². The summed E-state index contributed by atoms with van der Waals surface area (Å²) in [6.07, 6.45) is 6.99. The fraction of sp³-hybridized carbons (Fsp3) is 0.375. The maximum atomic E-state index is 11.1. The summed E-state index contributed by atoms with van der Waals surface area (Å²) in [4.78, 5) is 11.1. The number of ketones is 1. The molecule has 0 saturated heterocycles. The zero-order valence-corrected chi connectivity index (χ0v) is 6.40. The van der Waals surface area contributed by atoms with Crippen LogP contribution >= 0.6 is 11.6 Å². The first kappa shape index (κ1) is 7.55. The molecule has 1 nitrogen and oxygen atoms in total. The highest BCUT2D eigenvalue weighted by Crippen LogP contribution is 2.12. The first-order chi connectivity index (χ1) is 4.84. The molecule has 1 aliphatic carbocycles. The van der Waals surface area contributed by atoms with Crippen LogP contribution in [-0.4, -0.2) is 11.7 Å². The zero-order valence-electron chi connectivity index (χ0n) is 5.64. The van der Waals surface area contributed by atoms with Gasteiger partial charge in [0.15, 0.2) is 5.78 Å². The Morgan fingerprint density at radius 1 is 1.70 bits per heavy atom. The largest absolute Gasteiger partial charge is 0.294 e. The molecule has 0 aliphatic heterocycles. The van der Waals surface area contributed by atoms with Gasteiger partial charge in [-0.25, -0.2) is 0 Å². The molecule has 0 N–H and O–H groups in total. The second kappa shape index (κ2) is 3.57. The smallest absolute Gasteiger partial charge is 0.160 e. The summed E-state index contributed by atoms with van der Waals surface area (Å²) >= 11 is 5.41. The molecule has 10 heavy (non-hydrogen) atoms. The quantitative estimate of drug-likeness (QED) is 0.572. The first-order valence-corrected chi connectivity index (χ1v) is 3.83. The number of allylic oxidation sites excluding steroid dienone is 4. The van der Waals surface area contributed by atoms with Crippen molar-refractivity contribution >= 4 is 17.4 Å². The van der Waals surface area contributed by atoms with Gasteiger partial charge in [-0.3, -0.25) is 4.79 Å². The number of rotatable bonds is 3. The molecule has 2 heteroatoms. The second-order valence-corrected chi connectivity index (χ2v) is 2.56. The molecule has 0 saturated carbocycles. The molecule has 54 valence electrons. The molecular formula is C8H9ClO. The van der Waals surface area contributed by atoms with E-state index >= 15 is 0 Å². The lowest BCUT2D eigenvalue weighted by Gasteiger charge is -1.95. The summed E-state index contributed by atoms with van der Waals surface area (Å²) in [7, 11) is 0. The summed E-state index contributed by atoms with van der Waals surface area (Å²) in [6.45, 7) is 0. The summed E-state index contributed by atoms with van der Waals surface area (Å²) in [5.74, 6) is 0.607. The van der Waals surface area contributed by atoms with Gasteiger partial charge in [0.1, 0.15) is 0 Å². The standard InChI is InChI=1S/C8H9ClO/c9-6-5-8(10)7-3-1-2-4-7/h1-3H,4-6H2. The third-order valence-electron chi connectivity index (χ3n) is 1.45. The zero-order chi connectivity index (χ0) is 7.40. The van der Waals surface area contributed by atoms with Crippen molar-refractivity contribution in [1.29, 1.82) is 0 Å². The van der Waals surface area contributed by atoms with E-state index in [0.717, 1.165) is 12.0 Å². The van der Waals surface area contributed by atoms with Crippen LogP contribution in [0.3, 0.4) is 0 Å². The Balaban J connectivity index is 2.43. The number of hydrogen-bond acceptors (Lipinski definition) is 1. The van der Waals surface area contributed by atoms with Crippen molar-refractivity contribution in [3.8, 4) is 0 Å². The predicted molar refractivity (Wildman–Crippen MR) is 42.2 cm³/mol. The number of carbonyl (C=O) groups is 1. The molecule has 0 heterocycles. The summed E-state index contributed by atoms with van der Waals surface area (Å²) in [6, 6.07) is 0. The third-order valence-corrected chi connectivity index (χ3v) is 1.64. The molecule has 0 bridgehead atoms. The molecule has 0 amide bonds. The highest BCUT2D eigenvalue weighted by atomic mass is 35.5. The average Bonchev–Trinajstić information content (AvgIpc) is 2.38. The third kappa shape index (κ3) is 1.71. The average molecular weight is 157 g/mol. The van der Waals surface area contributed by atoms with Gasteiger partial charge in [0, 0.05) is 12.3 Å². The van der Waals surface area contributed by atoms with Crippen molar-refractivity contribution in [3.63, 3.8) is 0 Å². The fourth-order valence-corrected chi connectivity index (χ4v) is 1.07. The van der Waals surface area contributed by atoms with Crippen LogP contribution in [0, 0.1) is 0 Å². The van der Waals surface area contributed by atoms with Crippen LogP contribution in [0.5, 0.6) is 0 Å². The first-order valence-electron chi connectivity index (χ1n) is 3.29.